The Bertz CT molecular complexity index is 1470. The van der Waals surface area contributed by atoms with E-state index in [-0.39, 0.29) is 17.3 Å². The van der Waals surface area contributed by atoms with Crippen molar-refractivity contribution < 1.29 is 23.8 Å². The molecular weight excluding hydrogens is 510 g/mol. The van der Waals surface area contributed by atoms with E-state index >= 15 is 0 Å². The molecule has 0 bridgehead atoms. The number of nitrogens with one attached hydrogen (secondary N) is 1. The van der Waals surface area contributed by atoms with Gasteiger partial charge in [0.25, 0.3) is 5.91 Å². The van der Waals surface area contributed by atoms with Gasteiger partial charge >= 0.3 is 5.97 Å². The molecule has 1 aromatic heterocycles. The van der Waals surface area contributed by atoms with Gasteiger partial charge in [-0.1, -0.05) is 91.0 Å². The molecule has 0 radical (unpaired) electrons. The molecule has 7 heteroatoms. The molecule has 0 aliphatic heterocycles. The van der Waals surface area contributed by atoms with Gasteiger partial charge in [0.05, 0.1) is 11.9 Å². The van der Waals surface area contributed by atoms with Crippen LogP contribution >= 0.6 is 11.8 Å². The predicted octanol–water partition coefficient (Wildman–Crippen LogP) is 6.14. The molecule has 5 aromatic rings. The Balaban J connectivity index is 1.51. The first-order chi connectivity index (χ1) is 19.0. The topological polar surface area (TPSA) is 88.8 Å². The molecule has 1 amide bonds. The fraction of sp³-hybridized carbons (Fsp3) is 0.125. The molecular formula is C32H27NO5S. The van der Waals surface area contributed by atoms with Crippen molar-refractivity contribution >= 4 is 34.6 Å². The molecule has 1 atom stereocenters. The molecule has 0 aliphatic rings. The lowest BCUT2D eigenvalue weighted by molar-refractivity contribution is -0.142. The molecule has 0 spiro atoms. The van der Waals surface area contributed by atoms with Crippen LogP contribution in [0.15, 0.2) is 120 Å². The van der Waals surface area contributed by atoms with Gasteiger partial charge in [0.2, 0.25) is 0 Å². The van der Waals surface area contributed by atoms with Crippen molar-refractivity contribution in [1.82, 2.24) is 5.32 Å². The van der Waals surface area contributed by atoms with Crippen molar-refractivity contribution in [3.05, 3.63) is 138 Å². The number of methoxy groups -OCH3 is 1. The van der Waals surface area contributed by atoms with Crippen LogP contribution in [0.3, 0.4) is 0 Å². The number of hydrogen-bond donors (Lipinski definition) is 2. The third-order valence-electron chi connectivity index (χ3n) is 6.53. The molecule has 6 nitrogen and oxygen atoms in total. The summed E-state index contributed by atoms with van der Waals surface area (Å²) in [4.78, 5) is 26.1. The van der Waals surface area contributed by atoms with Crippen LogP contribution in [0.4, 0.5) is 0 Å². The van der Waals surface area contributed by atoms with E-state index in [1.165, 1.54) is 19.2 Å². The maximum Gasteiger partial charge on any atom is 0.329 e. The highest BCUT2D eigenvalue weighted by atomic mass is 32.2. The maximum absolute atomic E-state index is 13.2. The van der Waals surface area contributed by atoms with E-state index < -0.39 is 22.7 Å². The monoisotopic (exact) mass is 537 g/mol. The molecule has 2 N–H and O–H groups in total. The number of furan rings is 1. The zero-order valence-electron chi connectivity index (χ0n) is 21.2. The molecule has 196 valence electrons. The first-order valence-electron chi connectivity index (χ1n) is 12.4. The van der Waals surface area contributed by atoms with Crippen LogP contribution in [-0.2, 0) is 14.3 Å². The summed E-state index contributed by atoms with van der Waals surface area (Å²) >= 11 is 1.55. The first kappa shape index (κ1) is 26.1. The summed E-state index contributed by atoms with van der Waals surface area (Å²) in [6, 6.07) is 35.6. The minimum absolute atomic E-state index is 0.0340. The molecule has 0 aliphatic carbocycles. The van der Waals surface area contributed by atoms with Crippen LogP contribution in [-0.4, -0.2) is 35.9 Å². The molecule has 39 heavy (non-hydrogen) atoms. The van der Waals surface area contributed by atoms with Gasteiger partial charge in [0.15, 0.2) is 5.76 Å². The summed E-state index contributed by atoms with van der Waals surface area (Å²) in [6.45, 7) is 0. The molecule has 1 heterocycles. The third-order valence-corrected chi connectivity index (χ3v) is 8.17. The van der Waals surface area contributed by atoms with E-state index in [2.05, 4.69) is 41.7 Å². The molecule has 0 saturated heterocycles. The number of carbonyl (C=O) groups is 2. The molecule has 0 fully saturated rings. The quantitative estimate of drug-likeness (QED) is 0.174. The Labute approximate surface area is 230 Å². The minimum atomic E-state index is -0.954. The Morgan fingerprint density at radius 3 is 1.90 bits per heavy atom. The fourth-order valence-corrected chi connectivity index (χ4v) is 6.19. The van der Waals surface area contributed by atoms with Crippen LogP contribution in [0.2, 0.25) is 0 Å². The Kier molecular flexibility index (Phi) is 7.70. The smallest absolute Gasteiger partial charge is 0.329 e. The van der Waals surface area contributed by atoms with Crippen molar-refractivity contribution in [2.75, 3.05) is 12.9 Å². The Morgan fingerprint density at radius 2 is 1.38 bits per heavy atom. The van der Waals surface area contributed by atoms with Crippen LogP contribution in [0, 0.1) is 0 Å². The van der Waals surface area contributed by atoms with Crippen molar-refractivity contribution in [2.45, 2.75) is 10.8 Å². The minimum Gasteiger partial charge on any atom is -0.508 e. The number of ether oxygens (including phenoxy) is 1. The van der Waals surface area contributed by atoms with Crippen LogP contribution < -0.4 is 5.32 Å². The number of amides is 1. The number of carbonyl (C=O) groups excluding carboxylic acids is 2. The third kappa shape index (κ3) is 5.40. The van der Waals surface area contributed by atoms with Crippen molar-refractivity contribution in [3.8, 4) is 5.75 Å². The highest BCUT2D eigenvalue weighted by molar-refractivity contribution is 8.00. The maximum atomic E-state index is 13.2. The standard InChI is InChI=1S/C32H27NO5S/c1-37-31(36)27(33-30(35)29-19-22-17-18-26(34)20-28(22)38-29)21-39-32(23-11-5-2-6-12-23,24-13-7-3-8-14-24)25-15-9-4-10-16-25/h2-20,27,34H,21H2,1H3,(H,33,35). The van der Waals surface area contributed by atoms with Gasteiger partial charge in [0, 0.05) is 17.2 Å². The second-order valence-corrected chi connectivity index (χ2v) is 10.2. The number of phenols is 1. The fourth-order valence-electron chi connectivity index (χ4n) is 4.65. The summed E-state index contributed by atoms with van der Waals surface area (Å²) in [6.07, 6.45) is 0. The average Bonchev–Trinajstić information content (AvgIpc) is 3.41. The van der Waals surface area contributed by atoms with Gasteiger partial charge in [-0.15, -0.1) is 11.8 Å². The molecule has 0 saturated carbocycles. The van der Waals surface area contributed by atoms with E-state index in [0.29, 0.717) is 11.0 Å². The van der Waals surface area contributed by atoms with Gasteiger partial charge in [-0.2, -0.15) is 0 Å². The first-order valence-corrected chi connectivity index (χ1v) is 13.4. The molecule has 4 aromatic carbocycles. The summed E-state index contributed by atoms with van der Waals surface area (Å²) in [7, 11) is 1.30. The van der Waals surface area contributed by atoms with Gasteiger partial charge in [-0.3, -0.25) is 4.79 Å². The summed E-state index contributed by atoms with van der Waals surface area (Å²) < 4.78 is 10.1. The predicted molar refractivity (Wildman–Crippen MR) is 153 cm³/mol. The summed E-state index contributed by atoms with van der Waals surface area (Å²) in [5.41, 5.74) is 3.50. The van der Waals surface area contributed by atoms with Gasteiger partial charge in [-0.25, -0.2) is 4.79 Å². The lowest BCUT2D eigenvalue weighted by atomic mass is 9.84. The SMILES string of the molecule is COC(=O)C(CSC(c1ccccc1)(c1ccccc1)c1ccccc1)NC(=O)c1cc2ccc(O)cc2o1. The van der Waals surface area contributed by atoms with Crippen LogP contribution in [0.5, 0.6) is 5.75 Å². The zero-order valence-corrected chi connectivity index (χ0v) is 22.1. The summed E-state index contributed by atoms with van der Waals surface area (Å²) in [5, 5.41) is 13.2. The number of esters is 1. The normalized spacial score (nSPS) is 12.1. The highest BCUT2D eigenvalue weighted by Crippen LogP contribution is 2.48. The number of aromatic hydroxyl groups is 1. The van der Waals surface area contributed by atoms with Crippen molar-refractivity contribution in [1.29, 1.82) is 0 Å². The van der Waals surface area contributed by atoms with E-state index in [0.717, 1.165) is 16.7 Å². The van der Waals surface area contributed by atoms with Crippen molar-refractivity contribution in [3.63, 3.8) is 0 Å². The van der Waals surface area contributed by atoms with Gasteiger partial charge in [-0.05, 0) is 34.9 Å². The Morgan fingerprint density at radius 1 is 0.846 bits per heavy atom. The number of thioether (sulfide) groups is 1. The number of benzene rings is 4. The van der Waals surface area contributed by atoms with E-state index in [1.807, 2.05) is 54.6 Å². The number of fused-ring (bicyclic) bond motifs is 1. The largest absolute Gasteiger partial charge is 0.508 e. The van der Waals surface area contributed by atoms with E-state index in [9.17, 15) is 14.7 Å². The Hall–Kier alpha value is -4.49. The highest BCUT2D eigenvalue weighted by Gasteiger charge is 2.39. The second kappa shape index (κ2) is 11.5. The van der Waals surface area contributed by atoms with Gasteiger partial charge < -0.3 is 19.6 Å². The number of phenolic OH excluding ortho intramolecular Hbond substituents is 1. The number of hydrogen-bond acceptors (Lipinski definition) is 6. The zero-order chi connectivity index (χ0) is 27.2. The van der Waals surface area contributed by atoms with Crippen LogP contribution in [0.1, 0.15) is 27.2 Å². The van der Waals surface area contributed by atoms with Crippen LogP contribution in [0.25, 0.3) is 11.0 Å². The molecule has 1 unspecified atom stereocenters. The lowest BCUT2D eigenvalue weighted by Crippen LogP contribution is -2.44. The lowest BCUT2D eigenvalue weighted by Gasteiger charge is -2.36. The van der Waals surface area contributed by atoms with Crippen molar-refractivity contribution in [2.24, 2.45) is 0 Å². The summed E-state index contributed by atoms with van der Waals surface area (Å²) in [5.74, 6) is -0.821. The average molecular weight is 538 g/mol. The molecule has 5 rings (SSSR count). The van der Waals surface area contributed by atoms with Gasteiger partial charge in [0.1, 0.15) is 17.4 Å². The van der Waals surface area contributed by atoms with E-state index in [1.54, 1.807) is 23.9 Å². The van der Waals surface area contributed by atoms with E-state index in [4.69, 9.17) is 9.15 Å². The number of rotatable bonds is 9. The second-order valence-electron chi connectivity index (χ2n) is 8.97.